The van der Waals surface area contributed by atoms with Gasteiger partial charge in [0.1, 0.15) is 0 Å². The zero-order valence-corrected chi connectivity index (χ0v) is 12.8. The lowest BCUT2D eigenvalue weighted by atomic mass is 9.89. The molecule has 0 saturated heterocycles. The summed E-state index contributed by atoms with van der Waals surface area (Å²) in [5.41, 5.74) is 0.0960. The zero-order valence-electron chi connectivity index (χ0n) is 12.8. The molecule has 0 aromatic carbocycles. The maximum absolute atomic E-state index is 5.49. The minimum Gasteiger partial charge on any atom is -0.383 e. The molecule has 2 atom stereocenters. The van der Waals surface area contributed by atoms with E-state index in [-0.39, 0.29) is 17.6 Å². The van der Waals surface area contributed by atoms with Crippen LogP contribution in [0.5, 0.6) is 0 Å². The van der Waals surface area contributed by atoms with Crippen LogP contribution in [0.3, 0.4) is 0 Å². The molecule has 0 spiro atoms. The molecule has 0 saturated carbocycles. The molecule has 0 aliphatic heterocycles. The lowest BCUT2D eigenvalue weighted by Crippen LogP contribution is -2.48. The Bertz CT molecular complexity index is 249. The van der Waals surface area contributed by atoms with Gasteiger partial charge in [0, 0.05) is 33.9 Å². The molecule has 2 N–H and O–H groups in total. The third-order valence-electron chi connectivity index (χ3n) is 2.73. The highest BCUT2D eigenvalue weighted by atomic mass is 16.5. The van der Waals surface area contributed by atoms with Gasteiger partial charge in [-0.15, -0.1) is 0 Å². The third-order valence-corrected chi connectivity index (χ3v) is 2.73. The molecule has 5 nitrogen and oxygen atoms in total. The van der Waals surface area contributed by atoms with Crippen LogP contribution in [0, 0.1) is 5.41 Å². The lowest BCUT2D eigenvalue weighted by molar-refractivity contribution is 0.0204. The molecule has 0 aromatic heterocycles. The fourth-order valence-electron chi connectivity index (χ4n) is 1.65. The van der Waals surface area contributed by atoms with Crippen LogP contribution in [-0.4, -0.2) is 52.5 Å². The van der Waals surface area contributed by atoms with Crippen LogP contribution in [0.1, 0.15) is 27.7 Å². The molecule has 5 heteroatoms. The predicted octanol–water partition coefficient (Wildman–Crippen LogP) is 1.25. The highest BCUT2D eigenvalue weighted by Gasteiger charge is 2.24. The Morgan fingerprint density at radius 2 is 1.89 bits per heavy atom. The summed E-state index contributed by atoms with van der Waals surface area (Å²) in [5, 5.41) is 6.53. The van der Waals surface area contributed by atoms with E-state index in [2.05, 4.69) is 36.4 Å². The van der Waals surface area contributed by atoms with Crippen LogP contribution in [0.15, 0.2) is 4.99 Å². The van der Waals surface area contributed by atoms with Crippen molar-refractivity contribution in [3.05, 3.63) is 0 Å². The van der Waals surface area contributed by atoms with E-state index in [9.17, 15) is 0 Å². The number of rotatable bonds is 6. The van der Waals surface area contributed by atoms with Gasteiger partial charge in [-0.1, -0.05) is 20.8 Å². The van der Waals surface area contributed by atoms with Crippen LogP contribution in [0.2, 0.25) is 0 Å². The van der Waals surface area contributed by atoms with Crippen molar-refractivity contribution >= 4 is 5.96 Å². The first-order chi connectivity index (χ1) is 8.35. The molecule has 108 valence electrons. The summed E-state index contributed by atoms with van der Waals surface area (Å²) in [6.07, 6.45) is 0.133. The van der Waals surface area contributed by atoms with Crippen LogP contribution < -0.4 is 10.6 Å². The Morgan fingerprint density at radius 1 is 1.28 bits per heavy atom. The summed E-state index contributed by atoms with van der Waals surface area (Å²) in [6.45, 7) is 9.90. The fraction of sp³-hybridized carbons (Fsp3) is 0.923. The molecule has 0 aliphatic rings. The lowest BCUT2D eigenvalue weighted by Gasteiger charge is -2.30. The van der Waals surface area contributed by atoms with Gasteiger partial charge in [0.2, 0.25) is 0 Å². The SMILES string of the molecule is CN=C(NCC(OC)C(C)(C)C)NC(C)COC. The van der Waals surface area contributed by atoms with Gasteiger partial charge in [-0.3, -0.25) is 4.99 Å². The number of hydrogen-bond donors (Lipinski definition) is 2. The molecule has 0 fully saturated rings. The van der Waals surface area contributed by atoms with Crippen molar-refractivity contribution in [3.8, 4) is 0 Å². The monoisotopic (exact) mass is 259 g/mol. The number of ether oxygens (including phenoxy) is 2. The molecule has 18 heavy (non-hydrogen) atoms. The minimum absolute atomic E-state index is 0.0960. The summed E-state index contributed by atoms with van der Waals surface area (Å²) < 4.78 is 10.6. The number of nitrogens with one attached hydrogen (secondary N) is 2. The normalized spacial score (nSPS) is 16.3. The van der Waals surface area contributed by atoms with E-state index in [0.29, 0.717) is 6.61 Å². The summed E-state index contributed by atoms with van der Waals surface area (Å²) in [6, 6.07) is 0.219. The highest BCUT2D eigenvalue weighted by Crippen LogP contribution is 2.20. The number of methoxy groups -OCH3 is 2. The van der Waals surface area contributed by atoms with Gasteiger partial charge in [-0.2, -0.15) is 0 Å². The Hall–Kier alpha value is -0.810. The molecule has 0 rings (SSSR count). The summed E-state index contributed by atoms with van der Waals surface area (Å²) in [4.78, 5) is 4.18. The highest BCUT2D eigenvalue weighted by molar-refractivity contribution is 5.79. The van der Waals surface area contributed by atoms with Crippen molar-refractivity contribution in [2.45, 2.75) is 39.8 Å². The number of nitrogens with zero attached hydrogens (tertiary/aromatic N) is 1. The number of aliphatic imine (C=N–C) groups is 1. The maximum Gasteiger partial charge on any atom is 0.191 e. The number of hydrogen-bond acceptors (Lipinski definition) is 3. The van der Waals surface area contributed by atoms with E-state index in [1.54, 1.807) is 21.3 Å². The van der Waals surface area contributed by atoms with Crippen molar-refractivity contribution in [1.82, 2.24) is 10.6 Å². The van der Waals surface area contributed by atoms with Crippen molar-refractivity contribution in [3.63, 3.8) is 0 Å². The summed E-state index contributed by atoms with van der Waals surface area (Å²) in [7, 11) is 5.18. The third kappa shape index (κ3) is 6.81. The van der Waals surface area contributed by atoms with Gasteiger partial charge in [0.15, 0.2) is 5.96 Å². The second-order valence-corrected chi connectivity index (χ2v) is 5.54. The first kappa shape index (κ1) is 17.2. The topological polar surface area (TPSA) is 54.9 Å². The van der Waals surface area contributed by atoms with Crippen molar-refractivity contribution in [2.24, 2.45) is 10.4 Å². The van der Waals surface area contributed by atoms with E-state index in [4.69, 9.17) is 9.47 Å². The average molecular weight is 259 g/mol. The van der Waals surface area contributed by atoms with Gasteiger partial charge >= 0.3 is 0 Å². The smallest absolute Gasteiger partial charge is 0.191 e. The van der Waals surface area contributed by atoms with Gasteiger partial charge in [0.05, 0.1) is 12.7 Å². The van der Waals surface area contributed by atoms with E-state index in [0.717, 1.165) is 12.5 Å². The summed E-state index contributed by atoms with van der Waals surface area (Å²) in [5.74, 6) is 0.769. The largest absolute Gasteiger partial charge is 0.383 e. The molecule has 0 bridgehead atoms. The van der Waals surface area contributed by atoms with Gasteiger partial charge in [-0.25, -0.2) is 0 Å². The van der Waals surface area contributed by atoms with E-state index in [1.165, 1.54) is 0 Å². The Balaban J connectivity index is 4.23. The van der Waals surface area contributed by atoms with E-state index in [1.807, 2.05) is 6.92 Å². The zero-order chi connectivity index (χ0) is 14.2. The predicted molar refractivity (Wildman–Crippen MR) is 76.1 cm³/mol. The van der Waals surface area contributed by atoms with Crippen molar-refractivity contribution in [2.75, 3.05) is 34.4 Å². The molecular formula is C13H29N3O2. The van der Waals surface area contributed by atoms with E-state index >= 15 is 0 Å². The van der Waals surface area contributed by atoms with Gasteiger partial charge < -0.3 is 20.1 Å². The van der Waals surface area contributed by atoms with E-state index < -0.39 is 0 Å². The maximum atomic E-state index is 5.49. The second-order valence-electron chi connectivity index (χ2n) is 5.54. The molecule has 0 amide bonds. The Kier molecular flexibility index (Phi) is 7.95. The Labute approximate surface area is 111 Å². The molecule has 2 unspecified atom stereocenters. The molecule has 0 aromatic rings. The van der Waals surface area contributed by atoms with Crippen molar-refractivity contribution in [1.29, 1.82) is 0 Å². The fourth-order valence-corrected chi connectivity index (χ4v) is 1.65. The first-order valence-electron chi connectivity index (χ1n) is 6.34. The quantitative estimate of drug-likeness (QED) is 0.557. The standard InChI is InChI=1S/C13H29N3O2/c1-10(9-17-6)16-12(14-5)15-8-11(18-7)13(2,3)4/h10-11H,8-9H2,1-7H3,(H2,14,15,16). The molecular weight excluding hydrogens is 230 g/mol. The summed E-state index contributed by atoms with van der Waals surface area (Å²) >= 11 is 0. The first-order valence-corrected chi connectivity index (χ1v) is 6.34. The van der Waals surface area contributed by atoms with Crippen LogP contribution in [0.4, 0.5) is 0 Å². The molecule has 0 aliphatic carbocycles. The van der Waals surface area contributed by atoms with Gasteiger partial charge in [-0.05, 0) is 12.3 Å². The average Bonchev–Trinajstić information content (AvgIpc) is 2.26. The van der Waals surface area contributed by atoms with Crippen LogP contribution in [0.25, 0.3) is 0 Å². The number of guanidine groups is 1. The minimum atomic E-state index is 0.0960. The Morgan fingerprint density at radius 3 is 2.28 bits per heavy atom. The molecule has 0 radical (unpaired) electrons. The second kappa shape index (κ2) is 8.32. The molecule has 0 heterocycles. The van der Waals surface area contributed by atoms with Crippen LogP contribution >= 0.6 is 0 Å². The van der Waals surface area contributed by atoms with Crippen molar-refractivity contribution < 1.29 is 9.47 Å². The van der Waals surface area contributed by atoms with Gasteiger partial charge in [0.25, 0.3) is 0 Å². The van der Waals surface area contributed by atoms with Crippen LogP contribution in [-0.2, 0) is 9.47 Å².